The summed E-state index contributed by atoms with van der Waals surface area (Å²) >= 11 is 0. The van der Waals surface area contributed by atoms with E-state index in [1.807, 2.05) is 0 Å². The molecule has 1 aliphatic carbocycles. The second kappa shape index (κ2) is 1.97. The lowest BCUT2D eigenvalue weighted by Crippen LogP contribution is -2.23. The molecule has 0 aromatic heterocycles. The van der Waals surface area contributed by atoms with Crippen molar-refractivity contribution in [3.8, 4) is 0 Å². The number of hydrogen-bond acceptors (Lipinski definition) is 1. The van der Waals surface area contributed by atoms with Gasteiger partial charge in [0.15, 0.2) is 0 Å². The van der Waals surface area contributed by atoms with Gasteiger partial charge in [-0.25, -0.2) is 0 Å². The molecule has 2 aliphatic rings. The lowest BCUT2D eigenvalue weighted by atomic mass is 9.79. The van der Waals surface area contributed by atoms with Gasteiger partial charge in [0.2, 0.25) is 0 Å². The van der Waals surface area contributed by atoms with Crippen LogP contribution in [0.4, 0.5) is 0 Å². The lowest BCUT2D eigenvalue weighted by Gasteiger charge is -2.25. The Hall–Kier alpha value is -0.0400. The quantitative estimate of drug-likeness (QED) is 0.582. The molecule has 1 heterocycles. The van der Waals surface area contributed by atoms with Crippen molar-refractivity contribution in [2.45, 2.75) is 26.7 Å². The summed E-state index contributed by atoms with van der Waals surface area (Å²) in [6, 6.07) is 0. The summed E-state index contributed by atoms with van der Waals surface area (Å²) in [6.07, 6.45) is 2.99. The maximum absolute atomic E-state index is 3.48. The van der Waals surface area contributed by atoms with Gasteiger partial charge in [0.05, 0.1) is 0 Å². The van der Waals surface area contributed by atoms with E-state index < -0.39 is 0 Å². The molecule has 0 spiro atoms. The van der Waals surface area contributed by atoms with Gasteiger partial charge in [-0.2, -0.15) is 0 Å². The van der Waals surface area contributed by atoms with E-state index in [2.05, 4.69) is 19.2 Å². The third kappa shape index (κ3) is 0.968. The van der Waals surface area contributed by atoms with Crippen molar-refractivity contribution in [3.63, 3.8) is 0 Å². The van der Waals surface area contributed by atoms with Gasteiger partial charge in [-0.05, 0) is 36.6 Å². The molecule has 58 valence electrons. The molecule has 1 nitrogen and oxygen atoms in total. The Morgan fingerprint density at radius 2 is 2.00 bits per heavy atom. The Kier molecular flexibility index (Phi) is 1.31. The van der Waals surface area contributed by atoms with Gasteiger partial charge in [-0.3, -0.25) is 0 Å². The molecule has 2 fully saturated rings. The zero-order valence-corrected chi connectivity index (χ0v) is 6.98. The van der Waals surface area contributed by atoms with Crippen LogP contribution in [-0.2, 0) is 0 Å². The molecule has 1 saturated heterocycles. The summed E-state index contributed by atoms with van der Waals surface area (Å²) in [7, 11) is 0. The second-order valence-corrected chi connectivity index (χ2v) is 4.56. The topological polar surface area (TPSA) is 12.0 Å². The van der Waals surface area contributed by atoms with Gasteiger partial charge >= 0.3 is 0 Å². The monoisotopic (exact) mass is 139 g/mol. The number of rotatable bonds is 1. The van der Waals surface area contributed by atoms with Gasteiger partial charge in [-0.1, -0.05) is 13.8 Å². The van der Waals surface area contributed by atoms with Crippen LogP contribution >= 0.6 is 0 Å². The van der Waals surface area contributed by atoms with Crippen LogP contribution < -0.4 is 5.32 Å². The van der Waals surface area contributed by atoms with Gasteiger partial charge < -0.3 is 5.32 Å². The normalized spacial score (nSPS) is 38.4. The van der Waals surface area contributed by atoms with Crippen LogP contribution in [0.3, 0.4) is 0 Å². The lowest BCUT2D eigenvalue weighted by molar-refractivity contribution is 0.259. The zero-order chi connectivity index (χ0) is 7.19. The minimum absolute atomic E-state index is 0.584. The Balaban J connectivity index is 2.05. The van der Waals surface area contributed by atoms with Crippen LogP contribution in [0.5, 0.6) is 0 Å². The third-order valence-electron chi connectivity index (χ3n) is 3.14. The van der Waals surface area contributed by atoms with E-state index in [9.17, 15) is 0 Å². The summed E-state index contributed by atoms with van der Waals surface area (Å²) in [5.41, 5.74) is 0.584. The van der Waals surface area contributed by atoms with Crippen molar-refractivity contribution in [2.75, 3.05) is 13.1 Å². The maximum Gasteiger partial charge on any atom is 0.000587 e. The summed E-state index contributed by atoms with van der Waals surface area (Å²) in [5.74, 6) is 2.05. The van der Waals surface area contributed by atoms with Crippen LogP contribution in [0.2, 0.25) is 0 Å². The molecule has 0 aromatic carbocycles. The molecule has 1 N–H and O–H groups in total. The van der Waals surface area contributed by atoms with E-state index in [0.29, 0.717) is 5.41 Å². The van der Waals surface area contributed by atoms with Gasteiger partial charge in [0.1, 0.15) is 0 Å². The molecule has 0 bridgehead atoms. The molecule has 1 atom stereocenters. The van der Waals surface area contributed by atoms with Gasteiger partial charge in [0.25, 0.3) is 0 Å². The molecule has 1 aliphatic heterocycles. The first-order chi connectivity index (χ1) is 4.70. The first-order valence-corrected chi connectivity index (χ1v) is 4.41. The third-order valence-corrected chi connectivity index (χ3v) is 3.14. The van der Waals surface area contributed by atoms with Crippen molar-refractivity contribution >= 4 is 0 Å². The van der Waals surface area contributed by atoms with Crippen molar-refractivity contribution in [3.05, 3.63) is 0 Å². The van der Waals surface area contributed by atoms with E-state index in [1.54, 1.807) is 0 Å². The highest BCUT2D eigenvalue weighted by molar-refractivity contribution is 4.96. The highest BCUT2D eigenvalue weighted by atomic mass is 14.9. The molecule has 1 heteroatoms. The maximum atomic E-state index is 3.48. The highest BCUT2D eigenvalue weighted by Gasteiger charge is 2.43. The highest BCUT2D eigenvalue weighted by Crippen LogP contribution is 2.47. The minimum Gasteiger partial charge on any atom is -0.316 e. The van der Waals surface area contributed by atoms with Crippen LogP contribution in [0.25, 0.3) is 0 Å². The summed E-state index contributed by atoms with van der Waals surface area (Å²) < 4.78 is 0. The van der Waals surface area contributed by atoms with Crippen LogP contribution in [0, 0.1) is 17.3 Å². The molecule has 10 heavy (non-hydrogen) atoms. The number of hydrogen-bond donors (Lipinski definition) is 1. The Morgan fingerprint density at radius 3 is 2.40 bits per heavy atom. The van der Waals surface area contributed by atoms with Gasteiger partial charge in [0, 0.05) is 6.54 Å². The van der Waals surface area contributed by atoms with Crippen molar-refractivity contribution in [1.82, 2.24) is 5.32 Å². The predicted molar refractivity (Wildman–Crippen MR) is 42.9 cm³/mol. The largest absolute Gasteiger partial charge is 0.316 e. The standard InChI is InChI=1S/C9H17N/c1-9(2)6-10-5-8(9)7-3-4-7/h7-8,10H,3-6H2,1-2H3/t8-/m1/s1. The zero-order valence-electron chi connectivity index (χ0n) is 6.98. The fraction of sp³-hybridized carbons (Fsp3) is 1.00. The predicted octanol–water partition coefficient (Wildman–Crippen LogP) is 1.64. The molecular formula is C9H17N. The average Bonchev–Trinajstić information content (AvgIpc) is 2.58. The van der Waals surface area contributed by atoms with Crippen molar-refractivity contribution in [2.24, 2.45) is 17.3 Å². The van der Waals surface area contributed by atoms with E-state index >= 15 is 0 Å². The smallest absolute Gasteiger partial charge is 0.000587 e. The Bertz CT molecular complexity index is 136. The molecule has 0 unspecified atom stereocenters. The SMILES string of the molecule is CC1(C)CNC[C@@H]1C1CC1. The van der Waals surface area contributed by atoms with E-state index in [1.165, 1.54) is 25.9 Å². The molecule has 0 radical (unpaired) electrons. The molecular weight excluding hydrogens is 122 g/mol. The first-order valence-electron chi connectivity index (χ1n) is 4.41. The van der Waals surface area contributed by atoms with Gasteiger partial charge in [-0.15, -0.1) is 0 Å². The Morgan fingerprint density at radius 1 is 1.30 bits per heavy atom. The fourth-order valence-corrected chi connectivity index (χ4v) is 2.26. The van der Waals surface area contributed by atoms with E-state index in [-0.39, 0.29) is 0 Å². The van der Waals surface area contributed by atoms with Crippen molar-refractivity contribution in [1.29, 1.82) is 0 Å². The fourth-order valence-electron chi connectivity index (χ4n) is 2.26. The summed E-state index contributed by atoms with van der Waals surface area (Å²) in [5, 5.41) is 3.48. The van der Waals surface area contributed by atoms with Crippen LogP contribution in [0.15, 0.2) is 0 Å². The average molecular weight is 139 g/mol. The Labute approximate surface area is 63.2 Å². The summed E-state index contributed by atoms with van der Waals surface area (Å²) in [6.45, 7) is 7.30. The van der Waals surface area contributed by atoms with E-state index in [4.69, 9.17) is 0 Å². The second-order valence-electron chi connectivity index (χ2n) is 4.56. The molecule has 0 amide bonds. The number of nitrogens with one attached hydrogen (secondary N) is 1. The molecule has 1 saturated carbocycles. The minimum atomic E-state index is 0.584. The van der Waals surface area contributed by atoms with Crippen LogP contribution in [0.1, 0.15) is 26.7 Å². The summed E-state index contributed by atoms with van der Waals surface area (Å²) in [4.78, 5) is 0. The first kappa shape index (κ1) is 6.66. The van der Waals surface area contributed by atoms with E-state index in [0.717, 1.165) is 11.8 Å². The molecule has 0 aromatic rings. The molecule has 2 rings (SSSR count). The van der Waals surface area contributed by atoms with Crippen molar-refractivity contribution < 1.29 is 0 Å². The van der Waals surface area contributed by atoms with Crippen LogP contribution in [-0.4, -0.2) is 13.1 Å².